The van der Waals surface area contributed by atoms with Crippen LogP contribution in [0.4, 0.5) is 4.79 Å². The zero-order valence-corrected chi connectivity index (χ0v) is 11.2. The van der Waals surface area contributed by atoms with E-state index in [2.05, 4.69) is 10.1 Å². The Kier molecular flexibility index (Phi) is 5.85. The third kappa shape index (κ3) is 5.76. The summed E-state index contributed by atoms with van der Waals surface area (Å²) in [6.45, 7) is -0.329. The number of nitriles is 1. The molecule has 0 aliphatic heterocycles. The first kappa shape index (κ1) is 15.5. The second kappa shape index (κ2) is 7.16. The third-order valence-corrected chi connectivity index (χ3v) is 3.54. The minimum Gasteiger partial charge on any atom is -0.405 e. The maximum absolute atomic E-state index is 11.8. The van der Waals surface area contributed by atoms with Gasteiger partial charge in [0.15, 0.2) is 12.6 Å². The van der Waals surface area contributed by atoms with E-state index in [0.717, 1.165) is 24.2 Å². The van der Waals surface area contributed by atoms with Crippen molar-refractivity contribution in [3.05, 3.63) is 0 Å². The Hall–Kier alpha value is -1.53. The molecule has 2 N–H and O–H groups in total. The first-order valence-corrected chi connectivity index (χ1v) is 7.55. The van der Waals surface area contributed by atoms with Crippen LogP contribution in [0.15, 0.2) is 0 Å². The lowest BCUT2D eigenvalue weighted by molar-refractivity contribution is 0.152. The molecule has 0 aromatic carbocycles. The Labute approximate surface area is 112 Å². The quantitative estimate of drug-likeness (QED) is 0.332. The van der Waals surface area contributed by atoms with E-state index in [0.29, 0.717) is 12.8 Å². The molecule has 0 unspecified atom stereocenters. The van der Waals surface area contributed by atoms with Crippen LogP contribution in [0, 0.1) is 11.5 Å². The molecule has 19 heavy (non-hydrogen) atoms. The number of nitrogens with one attached hydrogen (secondary N) is 1. The van der Waals surface area contributed by atoms with Crippen molar-refractivity contribution in [2.75, 3.05) is 12.6 Å². The molecule has 0 radical (unpaired) electrons. The molecule has 0 aromatic heterocycles. The summed E-state index contributed by atoms with van der Waals surface area (Å²) in [5.74, 6) is -0.754. The van der Waals surface area contributed by atoms with Gasteiger partial charge in [0.25, 0.3) is 16.4 Å². The van der Waals surface area contributed by atoms with Gasteiger partial charge in [-0.1, -0.05) is 19.3 Å². The van der Waals surface area contributed by atoms with E-state index in [9.17, 15) is 13.2 Å². The highest BCUT2D eigenvalue weighted by Crippen LogP contribution is 2.23. The largest absolute Gasteiger partial charge is 0.405 e. The second-order valence-electron chi connectivity index (χ2n) is 4.33. The molecule has 9 heteroatoms. The normalized spacial score (nSPS) is 16.4. The van der Waals surface area contributed by atoms with Crippen LogP contribution >= 0.6 is 0 Å². The minimum atomic E-state index is -4.29. The average Bonchev–Trinajstić information content (AvgIpc) is 2.36. The Morgan fingerprint density at radius 2 is 2.05 bits per heavy atom. The molecule has 2 amide bonds. The Morgan fingerprint density at radius 3 is 2.58 bits per heavy atom. The molecule has 108 valence electrons. The summed E-state index contributed by atoms with van der Waals surface area (Å²) in [6, 6.07) is -0.891. The SMILES string of the molecule is N#COCNC(=O)N(CS(=O)(=O)O)C1CCCCC1. The van der Waals surface area contributed by atoms with E-state index < -0.39 is 22.0 Å². The minimum absolute atomic E-state index is 0.224. The monoisotopic (exact) mass is 291 g/mol. The van der Waals surface area contributed by atoms with Gasteiger partial charge in [-0.05, 0) is 12.8 Å². The molecule has 0 saturated heterocycles. The van der Waals surface area contributed by atoms with Crippen LogP contribution in [-0.2, 0) is 14.9 Å². The molecule has 1 rings (SSSR count). The van der Waals surface area contributed by atoms with Gasteiger partial charge in [-0.15, -0.1) is 0 Å². The van der Waals surface area contributed by atoms with Gasteiger partial charge in [0.1, 0.15) is 0 Å². The van der Waals surface area contributed by atoms with Gasteiger partial charge in [-0.3, -0.25) is 4.55 Å². The molecule has 1 saturated carbocycles. The molecule has 0 atom stereocenters. The third-order valence-electron chi connectivity index (χ3n) is 2.94. The van der Waals surface area contributed by atoms with E-state index in [-0.39, 0.29) is 12.8 Å². The standard InChI is InChI=1S/C10H17N3O5S/c11-6-18-7-12-10(14)13(8-19(15,16)17)9-4-2-1-3-5-9/h9H,1-5,7-8H2,(H,12,14)(H,15,16,17). The number of rotatable bonds is 5. The molecule has 1 fully saturated rings. The second-order valence-corrected chi connectivity index (χ2v) is 5.76. The van der Waals surface area contributed by atoms with Gasteiger partial charge in [0.2, 0.25) is 0 Å². The predicted octanol–water partition coefficient (Wildman–Crippen LogP) is 0.631. The summed E-state index contributed by atoms with van der Waals surface area (Å²) in [5, 5.41) is 10.5. The number of nitrogens with zero attached hydrogens (tertiary/aromatic N) is 2. The van der Waals surface area contributed by atoms with Gasteiger partial charge in [-0.2, -0.15) is 13.7 Å². The number of hydrogen-bond donors (Lipinski definition) is 2. The summed E-state index contributed by atoms with van der Waals surface area (Å²) in [4.78, 5) is 12.9. The summed E-state index contributed by atoms with van der Waals surface area (Å²) in [5.41, 5.74) is 0. The van der Waals surface area contributed by atoms with Crippen LogP contribution in [0.25, 0.3) is 0 Å². The fraction of sp³-hybridized carbons (Fsp3) is 0.800. The maximum atomic E-state index is 11.8. The Balaban J connectivity index is 2.67. The van der Waals surface area contributed by atoms with Crippen LogP contribution in [0.3, 0.4) is 0 Å². The van der Waals surface area contributed by atoms with Crippen molar-refractivity contribution in [2.24, 2.45) is 0 Å². The highest BCUT2D eigenvalue weighted by atomic mass is 32.2. The van der Waals surface area contributed by atoms with Crippen molar-refractivity contribution < 1.29 is 22.5 Å². The van der Waals surface area contributed by atoms with Gasteiger partial charge >= 0.3 is 6.03 Å². The topological polar surface area (TPSA) is 120 Å². The molecule has 1 aliphatic rings. The maximum Gasteiger partial charge on any atom is 0.321 e. The van der Waals surface area contributed by atoms with Gasteiger partial charge in [0.05, 0.1) is 0 Å². The number of urea groups is 1. The van der Waals surface area contributed by atoms with Crippen LogP contribution in [0.5, 0.6) is 0 Å². The lowest BCUT2D eigenvalue weighted by atomic mass is 9.95. The number of carbonyl (C=O) groups is 1. The van der Waals surface area contributed by atoms with Gasteiger partial charge in [-0.25, -0.2) is 4.79 Å². The van der Waals surface area contributed by atoms with Crippen LogP contribution in [-0.4, -0.2) is 42.6 Å². The summed E-state index contributed by atoms with van der Waals surface area (Å²) in [7, 11) is -4.29. The number of carbonyl (C=O) groups excluding carboxylic acids is 1. The lowest BCUT2D eigenvalue weighted by Gasteiger charge is -2.33. The van der Waals surface area contributed by atoms with Crippen molar-refractivity contribution in [1.82, 2.24) is 10.2 Å². The van der Waals surface area contributed by atoms with Gasteiger partial charge in [0, 0.05) is 6.04 Å². The lowest BCUT2D eigenvalue weighted by Crippen LogP contribution is -2.49. The highest BCUT2D eigenvalue weighted by Gasteiger charge is 2.28. The van der Waals surface area contributed by atoms with E-state index in [1.165, 1.54) is 6.26 Å². The van der Waals surface area contributed by atoms with Crippen LogP contribution in [0.2, 0.25) is 0 Å². The molecule has 8 nitrogen and oxygen atoms in total. The fourth-order valence-corrected chi connectivity index (χ4v) is 2.81. The zero-order valence-electron chi connectivity index (χ0n) is 10.4. The smallest absolute Gasteiger partial charge is 0.321 e. The Morgan fingerprint density at radius 1 is 1.42 bits per heavy atom. The zero-order chi connectivity index (χ0) is 14.3. The first-order valence-electron chi connectivity index (χ1n) is 5.94. The summed E-state index contributed by atoms with van der Waals surface area (Å²) in [6.07, 6.45) is 5.66. The molecule has 0 spiro atoms. The summed E-state index contributed by atoms with van der Waals surface area (Å²) < 4.78 is 35.2. The van der Waals surface area contributed by atoms with E-state index in [1.807, 2.05) is 0 Å². The van der Waals surface area contributed by atoms with Crippen molar-refractivity contribution >= 4 is 16.1 Å². The fourth-order valence-electron chi connectivity index (χ4n) is 2.13. The number of amides is 2. The van der Waals surface area contributed by atoms with Gasteiger partial charge < -0.3 is 15.0 Å². The van der Waals surface area contributed by atoms with Crippen LogP contribution in [0.1, 0.15) is 32.1 Å². The predicted molar refractivity (Wildman–Crippen MR) is 65.2 cm³/mol. The van der Waals surface area contributed by atoms with E-state index in [1.54, 1.807) is 0 Å². The summed E-state index contributed by atoms with van der Waals surface area (Å²) >= 11 is 0. The average molecular weight is 291 g/mol. The molecule has 0 aromatic rings. The van der Waals surface area contributed by atoms with Crippen molar-refractivity contribution in [3.8, 4) is 6.26 Å². The molecular formula is C10H17N3O5S. The first-order chi connectivity index (χ1) is 8.94. The molecule has 0 bridgehead atoms. The van der Waals surface area contributed by atoms with Crippen molar-refractivity contribution in [2.45, 2.75) is 38.1 Å². The number of hydrogen-bond acceptors (Lipinski definition) is 5. The number of ether oxygens (including phenoxy) is 1. The van der Waals surface area contributed by atoms with Crippen molar-refractivity contribution in [1.29, 1.82) is 5.26 Å². The van der Waals surface area contributed by atoms with E-state index in [4.69, 9.17) is 9.81 Å². The Bertz CT molecular complexity index is 439. The van der Waals surface area contributed by atoms with Crippen molar-refractivity contribution in [3.63, 3.8) is 0 Å². The molecule has 1 aliphatic carbocycles. The molecule has 0 heterocycles. The highest BCUT2D eigenvalue weighted by molar-refractivity contribution is 7.85. The van der Waals surface area contributed by atoms with E-state index >= 15 is 0 Å². The van der Waals surface area contributed by atoms with Crippen LogP contribution < -0.4 is 5.32 Å². The molecular weight excluding hydrogens is 274 g/mol.